The summed E-state index contributed by atoms with van der Waals surface area (Å²) in [5, 5.41) is 0. The van der Waals surface area contributed by atoms with E-state index in [1.165, 1.54) is 102 Å². The molecule has 0 aliphatic heterocycles. The predicted octanol–water partition coefficient (Wildman–Crippen LogP) is 9.99. The molecule has 0 unspecified atom stereocenters. The van der Waals surface area contributed by atoms with Gasteiger partial charge in [0.25, 0.3) is 0 Å². The zero-order chi connectivity index (χ0) is 21.5. The van der Waals surface area contributed by atoms with Gasteiger partial charge < -0.3 is 0 Å². The first-order chi connectivity index (χ1) is 14.2. The molecule has 0 rings (SSSR count). The normalized spacial score (nSPS) is 14.8. The number of unbranched alkanes of at least 4 members (excludes halogenated alkanes) is 8. The fourth-order valence-corrected chi connectivity index (χ4v) is 6.68. The summed E-state index contributed by atoms with van der Waals surface area (Å²) >= 11 is 0. The van der Waals surface area contributed by atoms with Crippen molar-refractivity contribution in [3.8, 4) is 0 Å². The predicted molar refractivity (Wildman–Crippen MR) is 141 cm³/mol. The maximum atomic E-state index is 2.53. The summed E-state index contributed by atoms with van der Waals surface area (Å²) in [6.07, 6.45) is 40.7. The van der Waals surface area contributed by atoms with Crippen molar-refractivity contribution in [2.24, 2.45) is 0 Å². The van der Waals surface area contributed by atoms with Crippen LogP contribution >= 0.6 is 7.26 Å². The van der Waals surface area contributed by atoms with Gasteiger partial charge in [0, 0.05) is 7.26 Å². The number of hydrogen-bond donors (Lipinski definition) is 0. The summed E-state index contributed by atoms with van der Waals surface area (Å²) < 4.78 is 0. The van der Waals surface area contributed by atoms with Gasteiger partial charge in [-0.1, -0.05) is 128 Å². The number of rotatable bonds is 20. The van der Waals surface area contributed by atoms with Crippen LogP contribution in [0.25, 0.3) is 0 Å². The maximum Gasteiger partial charge on any atom is 0.0782 e. The largest absolute Gasteiger partial charge is 0.0850 e. The SMILES string of the molecule is CCCCC=CC[P+](CC=CCCCC)(CC=CCCCC)CC=CCCCC. The van der Waals surface area contributed by atoms with Gasteiger partial charge in [0.05, 0.1) is 24.6 Å². The Balaban J connectivity index is 5.15. The van der Waals surface area contributed by atoms with Crippen molar-refractivity contribution in [2.45, 2.75) is 105 Å². The first kappa shape index (κ1) is 28.4. The Bertz CT molecular complexity index is 356. The average molecular weight is 420 g/mol. The molecule has 0 amide bonds. The van der Waals surface area contributed by atoms with Gasteiger partial charge in [0.15, 0.2) is 0 Å². The lowest BCUT2D eigenvalue weighted by Gasteiger charge is -2.23. The molecule has 168 valence electrons. The van der Waals surface area contributed by atoms with Crippen LogP contribution in [0.5, 0.6) is 0 Å². The van der Waals surface area contributed by atoms with E-state index in [0.717, 1.165) is 0 Å². The topological polar surface area (TPSA) is 0 Å². The Morgan fingerprint density at radius 1 is 0.379 bits per heavy atom. The maximum absolute atomic E-state index is 2.53. The number of hydrogen-bond acceptors (Lipinski definition) is 0. The Morgan fingerprint density at radius 2 is 0.621 bits per heavy atom. The van der Waals surface area contributed by atoms with E-state index in [4.69, 9.17) is 0 Å². The van der Waals surface area contributed by atoms with Gasteiger partial charge in [-0.05, 0) is 25.7 Å². The van der Waals surface area contributed by atoms with Crippen LogP contribution in [0, 0.1) is 0 Å². The second-order valence-corrected chi connectivity index (χ2v) is 12.7. The Hall–Kier alpha value is -0.610. The van der Waals surface area contributed by atoms with Crippen LogP contribution in [0.1, 0.15) is 105 Å². The molecule has 0 saturated carbocycles. The van der Waals surface area contributed by atoms with E-state index >= 15 is 0 Å². The fourth-order valence-electron chi connectivity index (χ4n) is 3.40. The standard InChI is InChI=1S/C28H52P/c1-5-9-13-17-21-25-29(26-22-18-14-10-6-2,27-23-19-15-11-7-3)28-24-20-16-12-8-4/h17-24H,5-16,25-28H2,1-4H3/q+1. The molecule has 0 aromatic rings. The molecule has 0 atom stereocenters. The lowest BCUT2D eigenvalue weighted by atomic mass is 10.2. The lowest BCUT2D eigenvalue weighted by molar-refractivity contribution is 0.813. The molecule has 0 heterocycles. The highest BCUT2D eigenvalue weighted by Crippen LogP contribution is 2.59. The van der Waals surface area contributed by atoms with E-state index in [0.29, 0.717) is 0 Å². The van der Waals surface area contributed by atoms with Crippen molar-refractivity contribution in [3.63, 3.8) is 0 Å². The second-order valence-electron chi connectivity index (χ2n) is 8.53. The zero-order valence-corrected chi connectivity index (χ0v) is 21.3. The zero-order valence-electron chi connectivity index (χ0n) is 20.4. The van der Waals surface area contributed by atoms with Crippen LogP contribution in [-0.4, -0.2) is 24.6 Å². The quantitative estimate of drug-likeness (QED) is 0.105. The molecule has 0 spiro atoms. The molecular formula is C28H52P+. The molecule has 0 saturated heterocycles. The van der Waals surface area contributed by atoms with Gasteiger partial charge in [-0.25, -0.2) is 0 Å². The molecule has 0 fully saturated rings. The van der Waals surface area contributed by atoms with E-state index < -0.39 is 7.26 Å². The molecule has 0 nitrogen and oxygen atoms in total. The Kier molecular flexibility index (Phi) is 21.6. The molecule has 0 aromatic carbocycles. The smallest absolute Gasteiger partial charge is 0.0782 e. The van der Waals surface area contributed by atoms with Crippen LogP contribution < -0.4 is 0 Å². The summed E-state index contributed by atoms with van der Waals surface area (Å²) in [5.41, 5.74) is 0. The van der Waals surface area contributed by atoms with Crippen molar-refractivity contribution >= 4 is 7.26 Å². The average Bonchev–Trinajstić information content (AvgIpc) is 2.73. The van der Waals surface area contributed by atoms with Crippen molar-refractivity contribution < 1.29 is 0 Å². The third-order valence-electron chi connectivity index (χ3n) is 5.53. The summed E-state index contributed by atoms with van der Waals surface area (Å²) in [4.78, 5) is 0. The molecule has 0 radical (unpaired) electrons. The van der Waals surface area contributed by atoms with Gasteiger partial charge in [-0.15, -0.1) is 0 Å². The van der Waals surface area contributed by atoms with Gasteiger partial charge >= 0.3 is 0 Å². The Labute approximate surface area is 185 Å². The van der Waals surface area contributed by atoms with Crippen molar-refractivity contribution in [1.29, 1.82) is 0 Å². The van der Waals surface area contributed by atoms with Crippen LogP contribution in [0.2, 0.25) is 0 Å². The van der Waals surface area contributed by atoms with Crippen LogP contribution in [0.3, 0.4) is 0 Å². The minimum Gasteiger partial charge on any atom is -0.0850 e. The van der Waals surface area contributed by atoms with Gasteiger partial charge in [-0.2, -0.15) is 0 Å². The molecule has 0 bridgehead atoms. The highest BCUT2D eigenvalue weighted by molar-refractivity contribution is 7.76. The molecule has 29 heavy (non-hydrogen) atoms. The van der Waals surface area contributed by atoms with Crippen molar-refractivity contribution in [2.75, 3.05) is 24.6 Å². The van der Waals surface area contributed by atoms with Gasteiger partial charge in [0.2, 0.25) is 0 Å². The fraction of sp³-hybridized carbons (Fsp3) is 0.714. The monoisotopic (exact) mass is 419 g/mol. The summed E-state index contributed by atoms with van der Waals surface area (Å²) in [5.74, 6) is 0. The van der Waals surface area contributed by atoms with E-state index in [2.05, 4.69) is 76.3 Å². The van der Waals surface area contributed by atoms with E-state index in [1.54, 1.807) is 0 Å². The summed E-state index contributed by atoms with van der Waals surface area (Å²) in [6, 6.07) is 0. The third-order valence-corrected chi connectivity index (χ3v) is 9.48. The van der Waals surface area contributed by atoms with Crippen LogP contribution in [0.15, 0.2) is 48.6 Å². The van der Waals surface area contributed by atoms with Crippen molar-refractivity contribution in [3.05, 3.63) is 48.6 Å². The Morgan fingerprint density at radius 3 is 0.828 bits per heavy atom. The summed E-state index contributed by atoms with van der Waals surface area (Å²) in [6.45, 7) is 9.14. The molecule has 0 aromatic heterocycles. The third kappa shape index (κ3) is 17.9. The van der Waals surface area contributed by atoms with E-state index in [-0.39, 0.29) is 0 Å². The van der Waals surface area contributed by atoms with Gasteiger partial charge in [-0.3, -0.25) is 0 Å². The van der Waals surface area contributed by atoms with E-state index in [9.17, 15) is 0 Å². The highest BCUT2D eigenvalue weighted by atomic mass is 31.2. The molecule has 1 heteroatoms. The van der Waals surface area contributed by atoms with Gasteiger partial charge in [0.1, 0.15) is 0 Å². The minimum atomic E-state index is -1.04. The van der Waals surface area contributed by atoms with Crippen LogP contribution in [-0.2, 0) is 0 Å². The van der Waals surface area contributed by atoms with E-state index in [1.807, 2.05) is 0 Å². The highest BCUT2D eigenvalue weighted by Gasteiger charge is 2.32. The molecule has 0 aliphatic rings. The first-order valence-electron chi connectivity index (χ1n) is 12.7. The lowest BCUT2D eigenvalue weighted by Crippen LogP contribution is -2.08. The van der Waals surface area contributed by atoms with Crippen molar-refractivity contribution in [1.82, 2.24) is 0 Å². The second kappa shape index (κ2) is 22.1. The number of allylic oxidation sites excluding steroid dienone is 8. The molecule has 0 N–H and O–H groups in total. The molecular weight excluding hydrogens is 367 g/mol. The minimum absolute atomic E-state index is 1.04. The summed E-state index contributed by atoms with van der Waals surface area (Å²) in [7, 11) is -1.04. The van der Waals surface area contributed by atoms with Crippen LogP contribution in [0.4, 0.5) is 0 Å². The first-order valence-corrected chi connectivity index (χ1v) is 15.2. The molecule has 0 aliphatic carbocycles.